The molecule has 0 fully saturated rings. The van der Waals surface area contributed by atoms with Gasteiger partial charge in [0.15, 0.2) is 29.0 Å². The van der Waals surface area contributed by atoms with Gasteiger partial charge in [0.25, 0.3) is 0 Å². The van der Waals surface area contributed by atoms with Gasteiger partial charge in [0, 0.05) is 29.5 Å². The van der Waals surface area contributed by atoms with E-state index in [4.69, 9.17) is 19.3 Å². The Kier molecular flexibility index (Phi) is 8.45. The number of carboxylic acid groups (broad SMARTS) is 2. The Hall–Kier alpha value is -4.46. The molecule has 2 aromatic carbocycles. The first-order valence-electron chi connectivity index (χ1n) is 10.2. The lowest BCUT2D eigenvalue weighted by atomic mass is 10.1. The molecule has 4 N–H and O–H groups in total. The number of carbonyl (C=O) groups is 3. The summed E-state index contributed by atoms with van der Waals surface area (Å²) in [7, 11) is 2.54. The quantitative estimate of drug-likeness (QED) is 0.286. The molecule has 196 valence electrons. The number of methoxy groups -OCH3 is 2. The molecule has 0 saturated carbocycles. The monoisotopic (exact) mass is 540 g/mol. The van der Waals surface area contributed by atoms with Crippen molar-refractivity contribution in [3.05, 3.63) is 63.1 Å². The van der Waals surface area contributed by atoms with E-state index in [0.717, 1.165) is 23.6 Å². The lowest BCUT2D eigenvalue weighted by Crippen LogP contribution is -2.21. The number of benzene rings is 2. The van der Waals surface area contributed by atoms with Crippen LogP contribution in [0.15, 0.2) is 29.6 Å². The number of halogens is 3. The van der Waals surface area contributed by atoms with E-state index in [1.165, 1.54) is 20.3 Å². The molecule has 1 heterocycles. The van der Waals surface area contributed by atoms with Gasteiger partial charge in [-0.1, -0.05) is 0 Å². The number of urea groups is 1. The van der Waals surface area contributed by atoms with Crippen LogP contribution in [0.3, 0.4) is 0 Å². The van der Waals surface area contributed by atoms with E-state index in [9.17, 15) is 32.7 Å². The van der Waals surface area contributed by atoms with E-state index in [0.29, 0.717) is 11.3 Å². The number of nitrogens with one attached hydrogen (secondary N) is 2. The van der Waals surface area contributed by atoms with Gasteiger partial charge in [-0.3, -0.25) is 0 Å². The highest BCUT2D eigenvalue weighted by molar-refractivity contribution is 7.13. The summed E-state index contributed by atoms with van der Waals surface area (Å²) in [5.41, 5.74) is -1.36. The third kappa shape index (κ3) is 6.03. The van der Waals surface area contributed by atoms with Gasteiger partial charge in [0.2, 0.25) is 0 Å². The zero-order valence-electron chi connectivity index (χ0n) is 19.2. The standard InChI is InChI=1S/C23H19F3N2O8S/c1-34-15-4-3-11(24)19(26)10(15)5-6-36-17-7-12(25)13(8-16(17)35-2)27-23(33)28-14-9-37-20(22(31)32)18(14)21(29)30/h3-4,7-9H,5-6H2,1-2H3,(H,29,30)(H,31,32)(H2,27,28,33). The number of carbonyl (C=O) groups excluding carboxylic acids is 1. The van der Waals surface area contributed by atoms with E-state index < -0.39 is 45.9 Å². The van der Waals surface area contributed by atoms with Crippen LogP contribution in [-0.4, -0.2) is 49.0 Å². The number of thiophene rings is 1. The SMILES string of the molecule is COc1cc(NC(=O)Nc2csc(C(=O)O)c2C(=O)O)c(F)cc1OCCc1c(OC)ccc(F)c1F. The van der Waals surface area contributed by atoms with E-state index in [1.807, 2.05) is 0 Å². The number of hydrogen-bond donors (Lipinski definition) is 4. The summed E-state index contributed by atoms with van der Waals surface area (Å²) in [4.78, 5) is 34.4. The van der Waals surface area contributed by atoms with Crippen molar-refractivity contribution in [2.75, 3.05) is 31.5 Å². The first kappa shape index (κ1) is 27.1. The molecule has 0 unspecified atom stereocenters. The topological polar surface area (TPSA) is 143 Å². The van der Waals surface area contributed by atoms with Crippen molar-refractivity contribution in [3.8, 4) is 17.2 Å². The highest BCUT2D eigenvalue weighted by atomic mass is 32.1. The summed E-state index contributed by atoms with van der Waals surface area (Å²) < 4.78 is 58.0. The highest BCUT2D eigenvalue weighted by Crippen LogP contribution is 2.34. The first-order chi connectivity index (χ1) is 17.6. The van der Waals surface area contributed by atoms with Crippen LogP contribution in [0.5, 0.6) is 17.2 Å². The van der Waals surface area contributed by atoms with Gasteiger partial charge < -0.3 is 35.1 Å². The predicted molar refractivity (Wildman–Crippen MR) is 126 cm³/mol. The fourth-order valence-electron chi connectivity index (χ4n) is 3.26. The van der Waals surface area contributed by atoms with Gasteiger partial charge in [0.1, 0.15) is 16.2 Å². The number of anilines is 2. The van der Waals surface area contributed by atoms with Gasteiger partial charge in [-0.2, -0.15) is 0 Å². The molecule has 0 bridgehead atoms. The molecular formula is C23H19F3N2O8S. The maximum Gasteiger partial charge on any atom is 0.346 e. The summed E-state index contributed by atoms with van der Waals surface area (Å²) in [5, 5.41) is 23.8. The van der Waals surface area contributed by atoms with E-state index in [-0.39, 0.29) is 47.2 Å². The van der Waals surface area contributed by atoms with Crippen molar-refractivity contribution in [2.45, 2.75) is 6.42 Å². The van der Waals surface area contributed by atoms with Crippen LogP contribution in [0.4, 0.5) is 29.3 Å². The Bertz CT molecular complexity index is 1360. The lowest BCUT2D eigenvalue weighted by molar-refractivity contribution is 0.0657. The second-order valence-electron chi connectivity index (χ2n) is 7.17. The van der Waals surface area contributed by atoms with Crippen molar-refractivity contribution in [1.82, 2.24) is 0 Å². The predicted octanol–water partition coefficient (Wildman–Crippen LogP) is 4.84. The Morgan fingerprint density at radius 3 is 2.19 bits per heavy atom. The summed E-state index contributed by atoms with van der Waals surface area (Å²) in [6.45, 7) is -0.207. The molecule has 0 aliphatic carbocycles. The summed E-state index contributed by atoms with van der Waals surface area (Å²) in [6, 6.07) is 3.11. The molecule has 1 aromatic heterocycles. The minimum absolute atomic E-state index is 0.0155. The largest absolute Gasteiger partial charge is 0.496 e. The summed E-state index contributed by atoms with van der Waals surface area (Å²) in [5.74, 6) is -6.19. The molecule has 0 atom stereocenters. The molecule has 2 amide bonds. The molecule has 0 aliphatic rings. The molecule has 0 radical (unpaired) electrons. The zero-order valence-corrected chi connectivity index (χ0v) is 20.0. The Balaban J connectivity index is 1.73. The maximum atomic E-state index is 14.7. The Morgan fingerprint density at radius 1 is 0.892 bits per heavy atom. The van der Waals surface area contributed by atoms with Crippen molar-refractivity contribution in [2.24, 2.45) is 0 Å². The molecule has 0 spiro atoms. The minimum atomic E-state index is -1.57. The van der Waals surface area contributed by atoms with E-state index >= 15 is 0 Å². The average molecular weight is 540 g/mol. The second kappa shape index (κ2) is 11.5. The Labute approximate surface area is 211 Å². The highest BCUT2D eigenvalue weighted by Gasteiger charge is 2.24. The average Bonchev–Trinajstić information content (AvgIpc) is 3.27. The van der Waals surface area contributed by atoms with Crippen molar-refractivity contribution >= 4 is 40.7 Å². The van der Waals surface area contributed by atoms with Gasteiger partial charge in [-0.05, 0) is 12.1 Å². The zero-order chi connectivity index (χ0) is 27.3. The summed E-state index contributed by atoms with van der Waals surface area (Å²) >= 11 is 0.596. The number of amides is 2. The van der Waals surface area contributed by atoms with Crippen LogP contribution < -0.4 is 24.8 Å². The van der Waals surface area contributed by atoms with E-state index in [2.05, 4.69) is 10.6 Å². The van der Waals surface area contributed by atoms with Crippen LogP contribution in [0.1, 0.15) is 25.6 Å². The molecular weight excluding hydrogens is 521 g/mol. The first-order valence-corrected chi connectivity index (χ1v) is 11.1. The third-order valence-electron chi connectivity index (χ3n) is 4.93. The van der Waals surface area contributed by atoms with Gasteiger partial charge in [0.05, 0.1) is 32.2 Å². The van der Waals surface area contributed by atoms with Crippen LogP contribution >= 0.6 is 11.3 Å². The molecule has 0 aliphatic heterocycles. The van der Waals surface area contributed by atoms with Gasteiger partial charge in [-0.25, -0.2) is 27.6 Å². The van der Waals surface area contributed by atoms with Crippen molar-refractivity contribution in [3.63, 3.8) is 0 Å². The molecule has 3 rings (SSSR count). The molecule has 37 heavy (non-hydrogen) atoms. The fraction of sp³-hybridized carbons (Fsp3) is 0.174. The van der Waals surface area contributed by atoms with Crippen LogP contribution in [0.25, 0.3) is 0 Å². The molecule has 0 saturated heterocycles. The third-order valence-corrected chi connectivity index (χ3v) is 5.90. The van der Waals surface area contributed by atoms with Crippen LogP contribution in [-0.2, 0) is 6.42 Å². The number of aromatic carboxylic acids is 2. The number of ether oxygens (including phenoxy) is 3. The van der Waals surface area contributed by atoms with Gasteiger partial charge >= 0.3 is 18.0 Å². The van der Waals surface area contributed by atoms with Crippen LogP contribution in [0, 0.1) is 17.5 Å². The fourth-order valence-corrected chi connectivity index (χ4v) is 4.09. The molecule has 10 nitrogen and oxygen atoms in total. The van der Waals surface area contributed by atoms with Crippen molar-refractivity contribution in [1.29, 1.82) is 0 Å². The molecule has 14 heteroatoms. The van der Waals surface area contributed by atoms with Crippen LogP contribution in [0.2, 0.25) is 0 Å². The van der Waals surface area contributed by atoms with Crippen molar-refractivity contribution < 1.29 is 52.0 Å². The summed E-state index contributed by atoms with van der Waals surface area (Å²) in [6.07, 6.45) is -0.120. The normalized spacial score (nSPS) is 10.5. The molecule has 3 aromatic rings. The number of rotatable bonds is 10. The maximum absolute atomic E-state index is 14.7. The minimum Gasteiger partial charge on any atom is -0.496 e. The number of carboxylic acids is 2. The second-order valence-corrected chi connectivity index (χ2v) is 8.05. The lowest BCUT2D eigenvalue weighted by Gasteiger charge is -2.15. The van der Waals surface area contributed by atoms with Gasteiger partial charge in [-0.15, -0.1) is 11.3 Å². The smallest absolute Gasteiger partial charge is 0.346 e. The Morgan fingerprint density at radius 2 is 1.57 bits per heavy atom. The van der Waals surface area contributed by atoms with E-state index in [1.54, 1.807) is 0 Å². The number of hydrogen-bond acceptors (Lipinski definition) is 7.